The number of nitrogens with two attached hydrogens (primary N) is 1. The van der Waals surface area contributed by atoms with Gasteiger partial charge in [0.05, 0.1) is 0 Å². The minimum atomic E-state index is 0.609. The molecule has 0 unspecified atom stereocenters. The molecule has 2 aromatic carbocycles. The normalized spacial score (nSPS) is 10.9. The maximum Gasteiger partial charge on any atom is 0.0316 e. The molecule has 1 nitrogen and oxygen atoms in total. The molecule has 2 heteroatoms. The molecule has 0 saturated carbocycles. The van der Waals surface area contributed by atoms with Crippen LogP contribution in [0, 0.1) is 0 Å². The van der Waals surface area contributed by atoms with Crippen molar-refractivity contribution in [2.24, 2.45) is 0 Å². The summed E-state index contributed by atoms with van der Waals surface area (Å²) in [5.74, 6) is 1.76. The van der Waals surface area contributed by atoms with Gasteiger partial charge in [0.25, 0.3) is 0 Å². The highest BCUT2D eigenvalue weighted by Gasteiger charge is 2.00. The third kappa shape index (κ3) is 4.61. The van der Waals surface area contributed by atoms with Gasteiger partial charge in [-0.15, -0.1) is 11.8 Å². The molecule has 20 heavy (non-hydrogen) atoms. The molecule has 0 aliphatic carbocycles. The highest BCUT2D eigenvalue weighted by Crippen LogP contribution is 2.23. The molecule has 2 aromatic rings. The van der Waals surface area contributed by atoms with Gasteiger partial charge in [-0.25, -0.2) is 0 Å². The van der Waals surface area contributed by atoms with Gasteiger partial charge < -0.3 is 5.73 Å². The van der Waals surface area contributed by atoms with Crippen molar-refractivity contribution in [3.63, 3.8) is 0 Å². The monoisotopic (exact) mass is 285 g/mol. The van der Waals surface area contributed by atoms with E-state index in [-0.39, 0.29) is 0 Å². The van der Waals surface area contributed by atoms with E-state index in [4.69, 9.17) is 5.73 Å². The van der Waals surface area contributed by atoms with E-state index >= 15 is 0 Å². The molecule has 0 atom stereocenters. The lowest BCUT2D eigenvalue weighted by atomic mass is 10.0. The highest BCUT2D eigenvalue weighted by atomic mass is 32.2. The molecule has 0 amide bonds. The number of benzene rings is 2. The van der Waals surface area contributed by atoms with Crippen LogP contribution < -0.4 is 5.73 Å². The van der Waals surface area contributed by atoms with Crippen LogP contribution in [0.4, 0.5) is 5.69 Å². The summed E-state index contributed by atoms with van der Waals surface area (Å²) < 4.78 is 0. The molecule has 0 fully saturated rings. The van der Waals surface area contributed by atoms with Crippen molar-refractivity contribution in [3.8, 4) is 0 Å². The highest BCUT2D eigenvalue weighted by molar-refractivity contribution is 7.99. The van der Waals surface area contributed by atoms with E-state index in [1.807, 2.05) is 23.9 Å². The first kappa shape index (κ1) is 15.0. The SMILES string of the molecule is CC(C)c1ccc(SCCCc2cccc(N)c2)cc1. The molecule has 0 heterocycles. The Morgan fingerprint density at radius 3 is 2.45 bits per heavy atom. The zero-order valence-corrected chi connectivity index (χ0v) is 13.1. The second kappa shape index (κ2) is 7.39. The van der Waals surface area contributed by atoms with Crippen molar-refractivity contribution in [2.75, 3.05) is 11.5 Å². The fraction of sp³-hybridized carbons (Fsp3) is 0.333. The van der Waals surface area contributed by atoms with Crippen LogP contribution in [0.5, 0.6) is 0 Å². The van der Waals surface area contributed by atoms with Crippen molar-refractivity contribution >= 4 is 17.4 Å². The van der Waals surface area contributed by atoms with Crippen LogP contribution in [-0.4, -0.2) is 5.75 Å². The Morgan fingerprint density at radius 1 is 1.05 bits per heavy atom. The molecule has 2 rings (SSSR count). The molecule has 0 aromatic heterocycles. The summed E-state index contributed by atoms with van der Waals surface area (Å²) in [5, 5.41) is 0. The van der Waals surface area contributed by atoms with Crippen LogP contribution in [0.1, 0.15) is 37.3 Å². The average Bonchev–Trinajstić information content (AvgIpc) is 2.44. The van der Waals surface area contributed by atoms with Gasteiger partial charge in [0.15, 0.2) is 0 Å². The first-order valence-electron chi connectivity index (χ1n) is 7.22. The third-order valence-corrected chi connectivity index (χ3v) is 4.47. The van der Waals surface area contributed by atoms with Crippen LogP contribution >= 0.6 is 11.8 Å². The Kier molecular flexibility index (Phi) is 5.54. The third-order valence-electron chi connectivity index (χ3n) is 3.38. The van der Waals surface area contributed by atoms with Crippen molar-refractivity contribution < 1.29 is 0 Å². The molecular formula is C18H23NS. The zero-order valence-electron chi connectivity index (χ0n) is 12.3. The Bertz CT molecular complexity index is 531. The first-order chi connectivity index (χ1) is 9.65. The van der Waals surface area contributed by atoms with E-state index < -0.39 is 0 Å². The fourth-order valence-electron chi connectivity index (χ4n) is 2.16. The van der Waals surface area contributed by atoms with Gasteiger partial charge in [-0.1, -0.05) is 38.1 Å². The lowest BCUT2D eigenvalue weighted by Crippen LogP contribution is -1.91. The lowest BCUT2D eigenvalue weighted by molar-refractivity contribution is 0.864. The predicted octanol–water partition coefficient (Wildman–Crippen LogP) is 5.12. The summed E-state index contributed by atoms with van der Waals surface area (Å²) in [6.45, 7) is 4.46. The lowest BCUT2D eigenvalue weighted by Gasteiger charge is -2.07. The van der Waals surface area contributed by atoms with E-state index in [9.17, 15) is 0 Å². The van der Waals surface area contributed by atoms with Gasteiger partial charge >= 0.3 is 0 Å². The topological polar surface area (TPSA) is 26.0 Å². The van der Waals surface area contributed by atoms with Gasteiger partial charge in [-0.3, -0.25) is 0 Å². The zero-order chi connectivity index (χ0) is 14.4. The average molecular weight is 285 g/mol. The maximum absolute atomic E-state index is 5.79. The molecule has 0 spiro atoms. The van der Waals surface area contributed by atoms with Crippen LogP contribution in [0.3, 0.4) is 0 Å². The second-order valence-corrected chi connectivity index (χ2v) is 6.59. The summed E-state index contributed by atoms with van der Waals surface area (Å²) in [6.07, 6.45) is 2.28. The fourth-order valence-corrected chi connectivity index (χ4v) is 3.02. The van der Waals surface area contributed by atoms with Gasteiger partial charge in [0.1, 0.15) is 0 Å². The number of hydrogen-bond acceptors (Lipinski definition) is 2. The molecule has 0 bridgehead atoms. The van der Waals surface area contributed by atoms with E-state index in [0.717, 1.165) is 17.9 Å². The number of nitrogen functional groups attached to an aromatic ring is 1. The van der Waals surface area contributed by atoms with E-state index in [0.29, 0.717) is 5.92 Å². The van der Waals surface area contributed by atoms with Crippen molar-refractivity contribution in [2.45, 2.75) is 37.5 Å². The largest absolute Gasteiger partial charge is 0.399 e. The number of thioether (sulfide) groups is 1. The van der Waals surface area contributed by atoms with E-state index in [1.54, 1.807) is 0 Å². The van der Waals surface area contributed by atoms with E-state index in [1.165, 1.54) is 22.4 Å². The van der Waals surface area contributed by atoms with Gasteiger partial charge in [-0.2, -0.15) is 0 Å². The Hall–Kier alpha value is -1.41. The molecule has 0 saturated heterocycles. The minimum absolute atomic E-state index is 0.609. The molecule has 0 aliphatic heterocycles. The maximum atomic E-state index is 5.79. The Balaban J connectivity index is 1.75. The van der Waals surface area contributed by atoms with Crippen LogP contribution in [-0.2, 0) is 6.42 Å². The van der Waals surface area contributed by atoms with Crippen molar-refractivity contribution in [1.82, 2.24) is 0 Å². The van der Waals surface area contributed by atoms with E-state index in [2.05, 4.69) is 50.2 Å². The van der Waals surface area contributed by atoms with Gasteiger partial charge in [0.2, 0.25) is 0 Å². The molecule has 0 radical (unpaired) electrons. The molecule has 2 N–H and O–H groups in total. The van der Waals surface area contributed by atoms with Crippen LogP contribution in [0.15, 0.2) is 53.4 Å². The smallest absolute Gasteiger partial charge is 0.0316 e. The van der Waals surface area contributed by atoms with Crippen LogP contribution in [0.25, 0.3) is 0 Å². The quantitative estimate of drug-likeness (QED) is 0.453. The summed E-state index contributed by atoms with van der Waals surface area (Å²) in [7, 11) is 0. The minimum Gasteiger partial charge on any atom is -0.399 e. The number of aryl methyl sites for hydroxylation is 1. The summed E-state index contributed by atoms with van der Waals surface area (Å²) in [6, 6.07) is 17.1. The number of hydrogen-bond donors (Lipinski definition) is 1. The molecular weight excluding hydrogens is 262 g/mol. The van der Waals surface area contributed by atoms with Crippen molar-refractivity contribution in [3.05, 3.63) is 59.7 Å². The summed E-state index contributed by atoms with van der Waals surface area (Å²) >= 11 is 1.93. The molecule has 106 valence electrons. The second-order valence-electron chi connectivity index (χ2n) is 5.42. The number of rotatable bonds is 6. The predicted molar refractivity (Wildman–Crippen MR) is 90.4 cm³/mol. The van der Waals surface area contributed by atoms with Crippen molar-refractivity contribution in [1.29, 1.82) is 0 Å². The molecule has 0 aliphatic rings. The Morgan fingerprint density at radius 2 is 1.80 bits per heavy atom. The van der Waals surface area contributed by atoms with Gasteiger partial charge in [0, 0.05) is 10.6 Å². The summed E-state index contributed by atoms with van der Waals surface area (Å²) in [4.78, 5) is 1.36. The van der Waals surface area contributed by atoms with Gasteiger partial charge in [-0.05, 0) is 59.9 Å². The Labute approximate surface area is 126 Å². The first-order valence-corrected chi connectivity index (χ1v) is 8.21. The standard InChI is InChI=1S/C18H23NS/c1-14(2)16-8-10-18(11-9-16)20-12-4-6-15-5-3-7-17(19)13-15/h3,5,7-11,13-14H,4,6,12,19H2,1-2H3. The number of anilines is 1. The summed E-state index contributed by atoms with van der Waals surface area (Å²) in [5.41, 5.74) is 9.39. The van der Waals surface area contributed by atoms with Crippen LogP contribution in [0.2, 0.25) is 0 Å².